The molecule has 1 aliphatic heterocycles. The summed E-state index contributed by atoms with van der Waals surface area (Å²) < 4.78 is 0. The van der Waals surface area contributed by atoms with Gasteiger partial charge in [-0.1, -0.05) is 19.1 Å². The quantitative estimate of drug-likeness (QED) is 0.936. The van der Waals surface area contributed by atoms with Crippen molar-refractivity contribution in [1.82, 2.24) is 14.8 Å². The number of nitrogens with one attached hydrogen (secondary N) is 1. The van der Waals surface area contributed by atoms with Crippen LogP contribution in [0, 0.1) is 0 Å². The Labute approximate surface area is 125 Å². The number of carbonyl (C=O) groups excluding carboxylic acids is 1. The van der Waals surface area contributed by atoms with E-state index in [1.165, 1.54) is 10.9 Å². The second kappa shape index (κ2) is 6.31. The minimum Gasteiger partial charge on any atom is -0.361 e. The lowest BCUT2D eigenvalue weighted by Crippen LogP contribution is -2.48. The molecule has 0 bridgehead atoms. The number of rotatable bonds is 4. The predicted octanol–water partition coefficient (Wildman–Crippen LogP) is 2.26. The predicted molar refractivity (Wildman–Crippen MR) is 85.3 cm³/mol. The van der Waals surface area contributed by atoms with Gasteiger partial charge in [0.1, 0.15) is 0 Å². The summed E-state index contributed by atoms with van der Waals surface area (Å²) in [5.41, 5.74) is 2.38. The maximum absolute atomic E-state index is 12.3. The number of hydrogen-bond acceptors (Lipinski definition) is 2. The van der Waals surface area contributed by atoms with Gasteiger partial charge in [-0.25, -0.2) is 0 Å². The molecule has 0 aliphatic carbocycles. The Morgan fingerprint density at radius 1 is 1.19 bits per heavy atom. The molecule has 1 saturated heterocycles. The van der Waals surface area contributed by atoms with Crippen LogP contribution >= 0.6 is 0 Å². The van der Waals surface area contributed by atoms with Crippen molar-refractivity contribution in [2.75, 3.05) is 32.7 Å². The lowest BCUT2D eigenvalue weighted by molar-refractivity contribution is -0.132. The minimum absolute atomic E-state index is 0.289. The summed E-state index contributed by atoms with van der Waals surface area (Å²) >= 11 is 0. The van der Waals surface area contributed by atoms with Crippen LogP contribution in [0.25, 0.3) is 10.9 Å². The molecule has 0 saturated carbocycles. The lowest BCUT2D eigenvalue weighted by Gasteiger charge is -2.34. The van der Waals surface area contributed by atoms with Crippen molar-refractivity contribution >= 4 is 16.8 Å². The number of aromatic nitrogens is 1. The standard InChI is InChI=1S/C17H23N3O/c1-2-19-9-11-20(12-10-19)17(21)6-4-14-3-5-15-7-8-18-16(15)13-14/h3,5,7-8,13,18H,2,4,6,9-12H2,1H3. The van der Waals surface area contributed by atoms with E-state index in [-0.39, 0.29) is 5.91 Å². The first kappa shape index (κ1) is 14.1. The van der Waals surface area contributed by atoms with Gasteiger partial charge in [0.15, 0.2) is 0 Å². The highest BCUT2D eigenvalue weighted by atomic mass is 16.2. The number of fused-ring (bicyclic) bond motifs is 1. The van der Waals surface area contributed by atoms with Crippen LogP contribution in [0.1, 0.15) is 18.9 Å². The second-order valence-electron chi connectivity index (χ2n) is 5.71. The van der Waals surface area contributed by atoms with Crippen LogP contribution in [-0.4, -0.2) is 53.4 Å². The van der Waals surface area contributed by atoms with E-state index in [4.69, 9.17) is 0 Å². The Hall–Kier alpha value is -1.81. The number of aromatic amines is 1. The fourth-order valence-electron chi connectivity index (χ4n) is 2.97. The fraction of sp³-hybridized carbons (Fsp3) is 0.471. The second-order valence-corrected chi connectivity index (χ2v) is 5.71. The third kappa shape index (κ3) is 3.27. The summed E-state index contributed by atoms with van der Waals surface area (Å²) in [7, 11) is 0. The van der Waals surface area contributed by atoms with E-state index in [0.717, 1.165) is 44.7 Å². The monoisotopic (exact) mass is 285 g/mol. The van der Waals surface area contributed by atoms with Crippen molar-refractivity contribution in [3.63, 3.8) is 0 Å². The molecular formula is C17H23N3O. The first-order valence-corrected chi connectivity index (χ1v) is 7.82. The number of hydrogen-bond donors (Lipinski definition) is 1. The number of piperazine rings is 1. The van der Waals surface area contributed by atoms with Gasteiger partial charge in [-0.2, -0.15) is 0 Å². The normalized spacial score (nSPS) is 16.5. The van der Waals surface area contributed by atoms with E-state index < -0.39 is 0 Å². The van der Waals surface area contributed by atoms with E-state index in [2.05, 4.69) is 41.1 Å². The van der Waals surface area contributed by atoms with Gasteiger partial charge in [0.2, 0.25) is 5.91 Å². The van der Waals surface area contributed by atoms with Crippen molar-refractivity contribution in [1.29, 1.82) is 0 Å². The molecule has 0 atom stereocenters. The highest BCUT2D eigenvalue weighted by Gasteiger charge is 2.19. The Morgan fingerprint density at radius 3 is 2.76 bits per heavy atom. The Balaban J connectivity index is 1.53. The zero-order valence-corrected chi connectivity index (χ0v) is 12.6. The molecular weight excluding hydrogens is 262 g/mol. The van der Waals surface area contributed by atoms with E-state index in [1.807, 2.05) is 11.1 Å². The molecule has 1 aromatic carbocycles. The summed E-state index contributed by atoms with van der Waals surface area (Å²) in [6.45, 7) is 7.03. The maximum atomic E-state index is 12.3. The number of carbonyl (C=O) groups is 1. The van der Waals surface area contributed by atoms with Crippen molar-refractivity contribution in [3.8, 4) is 0 Å². The third-order valence-corrected chi connectivity index (χ3v) is 4.42. The van der Waals surface area contributed by atoms with Crippen LogP contribution in [0.5, 0.6) is 0 Å². The third-order valence-electron chi connectivity index (χ3n) is 4.42. The molecule has 3 rings (SSSR count). The van der Waals surface area contributed by atoms with Crippen molar-refractivity contribution < 1.29 is 4.79 Å². The molecule has 0 spiro atoms. The molecule has 0 unspecified atom stereocenters. The van der Waals surface area contributed by atoms with E-state index in [1.54, 1.807) is 0 Å². The van der Waals surface area contributed by atoms with Gasteiger partial charge >= 0.3 is 0 Å². The summed E-state index contributed by atoms with van der Waals surface area (Å²) in [5, 5.41) is 1.22. The number of H-pyrrole nitrogens is 1. The average molecular weight is 285 g/mol. The molecule has 2 heterocycles. The number of amides is 1. The SMILES string of the molecule is CCN1CCN(C(=O)CCc2ccc3cc[nH]c3c2)CC1. The molecule has 1 N–H and O–H groups in total. The minimum atomic E-state index is 0.289. The Bertz CT molecular complexity index is 611. The van der Waals surface area contributed by atoms with Crippen LogP contribution in [-0.2, 0) is 11.2 Å². The first-order valence-electron chi connectivity index (χ1n) is 7.82. The van der Waals surface area contributed by atoms with Crippen molar-refractivity contribution in [2.45, 2.75) is 19.8 Å². The Morgan fingerprint density at radius 2 is 2.00 bits per heavy atom. The maximum Gasteiger partial charge on any atom is 0.222 e. The molecule has 1 aliphatic rings. The first-order chi connectivity index (χ1) is 10.3. The van der Waals surface area contributed by atoms with Gasteiger partial charge in [-0.05, 0) is 36.0 Å². The average Bonchev–Trinajstić information content (AvgIpc) is 3.00. The van der Waals surface area contributed by atoms with E-state index in [9.17, 15) is 4.79 Å². The zero-order valence-electron chi connectivity index (χ0n) is 12.6. The van der Waals surface area contributed by atoms with Gasteiger partial charge in [0.25, 0.3) is 0 Å². The van der Waals surface area contributed by atoms with Gasteiger partial charge in [-0.3, -0.25) is 4.79 Å². The van der Waals surface area contributed by atoms with Gasteiger partial charge in [0, 0.05) is 44.3 Å². The van der Waals surface area contributed by atoms with Crippen LogP contribution in [0.3, 0.4) is 0 Å². The summed E-state index contributed by atoms with van der Waals surface area (Å²) in [4.78, 5) is 19.9. The molecule has 0 radical (unpaired) electrons. The fourth-order valence-corrected chi connectivity index (χ4v) is 2.97. The summed E-state index contributed by atoms with van der Waals surface area (Å²) in [5.74, 6) is 0.289. The van der Waals surface area contributed by atoms with Crippen molar-refractivity contribution in [3.05, 3.63) is 36.0 Å². The molecule has 4 nitrogen and oxygen atoms in total. The number of nitrogens with zero attached hydrogens (tertiary/aromatic N) is 2. The molecule has 1 fully saturated rings. The summed E-state index contributed by atoms with van der Waals surface area (Å²) in [6.07, 6.45) is 3.38. The van der Waals surface area contributed by atoms with Gasteiger partial charge < -0.3 is 14.8 Å². The molecule has 4 heteroatoms. The Kier molecular flexibility index (Phi) is 4.25. The van der Waals surface area contributed by atoms with Gasteiger partial charge in [0.05, 0.1) is 0 Å². The lowest BCUT2D eigenvalue weighted by atomic mass is 10.1. The van der Waals surface area contributed by atoms with Crippen molar-refractivity contribution in [2.24, 2.45) is 0 Å². The molecule has 2 aromatic rings. The summed E-state index contributed by atoms with van der Waals surface area (Å²) in [6, 6.07) is 8.46. The van der Waals surface area contributed by atoms with Crippen LogP contribution in [0.15, 0.2) is 30.5 Å². The molecule has 1 amide bonds. The number of likely N-dealkylation sites (N-methyl/N-ethyl adjacent to an activating group) is 1. The van der Waals surface area contributed by atoms with E-state index in [0.29, 0.717) is 6.42 Å². The van der Waals surface area contributed by atoms with Crippen LogP contribution in [0.2, 0.25) is 0 Å². The largest absolute Gasteiger partial charge is 0.361 e. The topological polar surface area (TPSA) is 39.3 Å². The highest BCUT2D eigenvalue weighted by Crippen LogP contribution is 2.16. The molecule has 112 valence electrons. The smallest absolute Gasteiger partial charge is 0.222 e. The van der Waals surface area contributed by atoms with Gasteiger partial charge in [-0.15, -0.1) is 0 Å². The highest BCUT2D eigenvalue weighted by molar-refractivity contribution is 5.80. The molecule has 1 aromatic heterocycles. The molecule has 21 heavy (non-hydrogen) atoms. The number of benzene rings is 1. The zero-order chi connectivity index (χ0) is 14.7. The van der Waals surface area contributed by atoms with Crippen LogP contribution in [0.4, 0.5) is 0 Å². The van der Waals surface area contributed by atoms with Crippen LogP contribution < -0.4 is 0 Å². The number of aryl methyl sites for hydroxylation is 1. The van der Waals surface area contributed by atoms with E-state index >= 15 is 0 Å².